The zero-order valence-electron chi connectivity index (χ0n) is 17.1. The van der Waals surface area contributed by atoms with Crippen molar-refractivity contribution in [2.45, 2.75) is 6.92 Å². The van der Waals surface area contributed by atoms with Crippen molar-refractivity contribution in [3.05, 3.63) is 109 Å². The molecular formula is C27H20N4. The molecule has 0 radical (unpaired) electrons. The van der Waals surface area contributed by atoms with Crippen molar-refractivity contribution in [3.63, 3.8) is 0 Å². The molecule has 0 aliphatic rings. The van der Waals surface area contributed by atoms with E-state index in [9.17, 15) is 0 Å². The molecule has 0 saturated heterocycles. The molecule has 0 aliphatic carbocycles. The molecule has 0 N–H and O–H groups in total. The van der Waals surface area contributed by atoms with Crippen LogP contribution in [0.15, 0.2) is 104 Å². The number of aryl methyl sites for hydroxylation is 1. The van der Waals surface area contributed by atoms with Crippen LogP contribution in [0.1, 0.15) is 5.69 Å². The summed E-state index contributed by atoms with van der Waals surface area (Å²) in [7, 11) is 0. The predicted octanol–water partition coefficient (Wildman–Crippen LogP) is 6.24. The quantitative estimate of drug-likeness (QED) is 0.358. The number of aromatic nitrogens is 4. The summed E-state index contributed by atoms with van der Waals surface area (Å²) in [6.45, 7) is 2.01. The van der Waals surface area contributed by atoms with Gasteiger partial charge < -0.3 is 0 Å². The van der Waals surface area contributed by atoms with E-state index in [4.69, 9.17) is 4.98 Å². The van der Waals surface area contributed by atoms with E-state index in [-0.39, 0.29) is 0 Å². The van der Waals surface area contributed by atoms with Gasteiger partial charge in [0, 0.05) is 41.6 Å². The van der Waals surface area contributed by atoms with Crippen LogP contribution in [0.2, 0.25) is 0 Å². The van der Waals surface area contributed by atoms with E-state index >= 15 is 0 Å². The molecule has 0 amide bonds. The largest absolute Gasteiger partial charge is 0.265 e. The lowest BCUT2D eigenvalue weighted by molar-refractivity contribution is 1.12. The van der Waals surface area contributed by atoms with Crippen LogP contribution in [0.4, 0.5) is 0 Å². The fraction of sp³-hybridized carbons (Fsp3) is 0.0370. The van der Waals surface area contributed by atoms with Crippen LogP contribution in [0.25, 0.3) is 44.9 Å². The average Bonchev–Trinajstić information content (AvgIpc) is 2.85. The lowest BCUT2D eigenvalue weighted by atomic mass is 10.0. The molecule has 0 aliphatic heterocycles. The third kappa shape index (κ3) is 4.09. The van der Waals surface area contributed by atoms with Gasteiger partial charge in [-0.25, -0.2) is 9.97 Å². The minimum Gasteiger partial charge on any atom is -0.265 e. The zero-order valence-corrected chi connectivity index (χ0v) is 17.1. The first-order valence-electron chi connectivity index (χ1n) is 10.1. The molecule has 0 saturated carbocycles. The Balaban J connectivity index is 1.45. The summed E-state index contributed by atoms with van der Waals surface area (Å²) in [5.41, 5.74) is 8.51. The van der Waals surface area contributed by atoms with Gasteiger partial charge in [0.25, 0.3) is 0 Å². The molecule has 0 bridgehead atoms. The highest BCUT2D eigenvalue weighted by molar-refractivity contribution is 5.71. The molecule has 0 spiro atoms. The highest BCUT2D eigenvalue weighted by Gasteiger charge is 2.08. The lowest BCUT2D eigenvalue weighted by Crippen LogP contribution is -1.95. The highest BCUT2D eigenvalue weighted by atomic mass is 14.9. The third-order valence-corrected chi connectivity index (χ3v) is 5.21. The van der Waals surface area contributed by atoms with Gasteiger partial charge in [-0.2, -0.15) is 0 Å². The van der Waals surface area contributed by atoms with Crippen LogP contribution in [-0.4, -0.2) is 19.9 Å². The highest BCUT2D eigenvalue weighted by Crippen LogP contribution is 2.27. The average molecular weight is 400 g/mol. The Kier molecular flexibility index (Phi) is 5.03. The van der Waals surface area contributed by atoms with Gasteiger partial charge in [-0.1, -0.05) is 48.5 Å². The SMILES string of the molecule is Cc1cc(-c2ccc(-c3ccncc3)cc2)nc(-c2ccc(-c3ccncc3)cc2)n1. The summed E-state index contributed by atoms with van der Waals surface area (Å²) >= 11 is 0. The number of benzene rings is 2. The van der Waals surface area contributed by atoms with Gasteiger partial charge in [0.15, 0.2) is 5.82 Å². The van der Waals surface area contributed by atoms with E-state index in [0.717, 1.165) is 50.6 Å². The molecule has 3 heterocycles. The number of hydrogen-bond donors (Lipinski definition) is 0. The second-order valence-corrected chi connectivity index (χ2v) is 7.34. The molecule has 3 aromatic heterocycles. The number of rotatable bonds is 4. The van der Waals surface area contributed by atoms with Crippen LogP contribution in [-0.2, 0) is 0 Å². The Hall–Kier alpha value is -4.18. The number of nitrogens with zero attached hydrogens (tertiary/aromatic N) is 4. The maximum atomic E-state index is 4.85. The van der Waals surface area contributed by atoms with Crippen LogP contribution < -0.4 is 0 Å². The Morgan fingerprint density at radius 3 is 1.39 bits per heavy atom. The van der Waals surface area contributed by atoms with Gasteiger partial charge in [0.05, 0.1) is 5.69 Å². The molecule has 0 fully saturated rings. The summed E-state index contributed by atoms with van der Waals surface area (Å²) < 4.78 is 0. The van der Waals surface area contributed by atoms with Gasteiger partial charge in [-0.15, -0.1) is 0 Å². The first kappa shape index (κ1) is 18.8. The molecule has 31 heavy (non-hydrogen) atoms. The van der Waals surface area contributed by atoms with Crippen molar-refractivity contribution in [3.8, 4) is 44.9 Å². The standard InChI is InChI=1S/C27H20N4/c1-19-18-26(24-6-2-20(3-7-24)22-10-14-28-15-11-22)31-27(30-19)25-8-4-21(5-9-25)23-12-16-29-17-13-23/h2-18H,1H3. The predicted molar refractivity (Wildman–Crippen MR) is 124 cm³/mol. The van der Waals surface area contributed by atoms with Crippen LogP contribution in [0, 0.1) is 6.92 Å². The molecule has 0 unspecified atom stereocenters. The summed E-state index contributed by atoms with van der Waals surface area (Å²) in [5.74, 6) is 0.731. The minimum atomic E-state index is 0.731. The molecule has 2 aromatic carbocycles. The third-order valence-electron chi connectivity index (χ3n) is 5.21. The summed E-state index contributed by atoms with van der Waals surface area (Å²) in [4.78, 5) is 17.7. The summed E-state index contributed by atoms with van der Waals surface area (Å²) in [5, 5.41) is 0. The molecule has 5 rings (SSSR count). The first-order chi connectivity index (χ1) is 15.3. The fourth-order valence-corrected chi connectivity index (χ4v) is 3.58. The van der Waals surface area contributed by atoms with Crippen molar-refractivity contribution in [1.82, 2.24) is 19.9 Å². The van der Waals surface area contributed by atoms with Crippen molar-refractivity contribution in [1.29, 1.82) is 0 Å². The van der Waals surface area contributed by atoms with Gasteiger partial charge in [0.2, 0.25) is 0 Å². The monoisotopic (exact) mass is 400 g/mol. The zero-order chi connectivity index (χ0) is 21.0. The Morgan fingerprint density at radius 1 is 0.452 bits per heavy atom. The molecular weight excluding hydrogens is 380 g/mol. The van der Waals surface area contributed by atoms with Crippen LogP contribution >= 0.6 is 0 Å². The Bertz CT molecular complexity index is 1200. The fourth-order valence-electron chi connectivity index (χ4n) is 3.58. The molecule has 0 atom stereocenters. The summed E-state index contributed by atoms with van der Waals surface area (Å²) in [6, 6.07) is 26.8. The maximum Gasteiger partial charge on any atom is 0.160 e. The Morgan fingerprint density at radius 2 is 0.871 bits per heavy atom. The number of pyridine rings is 2. The smallest absolute Gasteiger partial charge is 0.160 e. The van der Waals surface area contributed by atoms with Gasteiger partial charge in [0.1, 0.15) is 0 Å². The van der Waals surface area contributed by atoms with Gasteiger partial charge >= 0.3 is 0 Å². The van der Waals surface area contributed by atoms with Crippen LogP contribution in [0.3, 0.4) is 0 Å². The second kappa shape index (κ2) is 8.28. The molecule has 148 valence electrons. The number of hydrogen-bond acceptors (Lipinski definition) is 4. The first-order valence-corrected chi connectivity index (χ1v) is 10.1. The van der Waals surface area contributed by atoms with E-state index in [1.54, 1.807) is 12.4 Å². The van der Waals surface area contributed by atoms with E-state index in [0.29, 0.717) is 0 Å². The second-order valence-electron chi connectivity index (χ2n) is 7.34. The maximum absolute atomic E-state index is 4.85. The van der Waals surface area contributed by atoms with Crippen molar-refractivity contribution >= 4 is 0 Å². The van der Waals surface area contributed by atoms with E-state index in [2.05, 4.69) is 63.5 Å². The topological polar surface area (TPSA) is 51.6 Å². The van der Waals surface area contributed by atoms with Crippen molar-refractivity contribution in [2.75, 3.05) is 0 Å². The van der Waals surface area contributed by atoms with E-state index < -0.39 is 0 Å². The minimum absolute atomic E-state index is 0.731. The summed E-state index contributed by atoms with van der Waals surface area (Å²) in [6.07, 6.45) is 7.23. The molecule has 5 aromatic rings. The van der Waals surface area contributed by atoms with Crippen LogP contribution in [0.5, 0.6) is 0 Å². The molecule has 4 heteroatoms. The normalized spacial score (nSPS) is 10.7. The Labute approximate surface area is 181 Å². The van der Waals surface area contributed by atoms with Gasteiger partial charge in [-0.3, -0.25) is 9.97 Å². The lowest BCUT2D eigenvalue weighted by Gasteiger charge is -2.09. The molecule has 4 nitrogen and oxygen atoms in total. The van der Waals surface area contributed by atoms with Crippen molar-refractivity contribution in [2.24, 2.45) is 0 Å². The van der Waals surface area contributed by atoms with Crippen molar-refractivity contribution < 1.29 is 0 Å². The van der Waals surface area contributed by atoms with E-state index in [1.807, 2.05) is 49.6 Å². The van der Waals surface area contributed by atoms with Gasteiger partial charge in [-0.05, 0) is 59.5 Å². The van der Waals surface area contributed by atoms with E-state index in [1.165, 1.54) is 0 Å².